The maximum atomic E-state index is 11.7. The molecule has 33 heavy (non-hydrogen) atoms. The van der Waals surface area contributed by atoms with Crippen molar-refractivity contribution in [2.75, 3.05) is 26.7 Å². The third kappa shape index (κ3) is 8.27. The highest BCUT2D eigenvalue weighted by Gasteiger charge is 2.30. The van der Waals surface area contributed by atoms with Gasteiger partial charge in [-0.25, -0.2) is 4.99 Å². The van der Waals surface area contributed by atoms with E-state index in [1.54, 1.807) is 7.05 Å². The van der Waals surface area contributed by atoms with Crippen LogP contribution in [0.15, 0.2) is 4.99 Å². The molecule has 188 valence electrons. The second-order valence-corrected chi connectivity index (χ2v) is 10.7. The van der Waals surface area contributed by atoms with E-state index in [1.807, 2.05) is 4.90 Å². The van der Waals surface area contributed by atoms with Gasteiger partial charge in [0.05, 0.1) is 0 Å². The molecule has 3 N–H and O–H groups in total. The molecule has 0 bridgehead atoms. The van der Waals surface area contributed by atoms with Gasteiger partial charge in [0.15, 0.2) is 5.96 Å². The number of hydrogen-bond acceptors (Lipinski definition) is 5. The topological polar surface area (TPSA) is 91.0 Å². The molecule has 2 aliphatic carbocycles. The fourth-order valence-electron chi connectivity index (χ4n) is 5.83. The van der Waals surface area contributed by atoms with Crippen molar-refractivity contribution in [3.05, 3.63) is 0 Å². The normalized spacial score (nSPS) is 28.7. The molecular weight excluding hydrogens is 414 g/mol. The van der Waals surface area contributed by atoms with Crippen LogP contribution < -0.4 is 11.1 Å². The number of nitrogens with zero attached hydrogens (tertiary/aromatic N) is 3. The van der Waals surface area contributed by atoms with E-state index in [9.17, 15) is 9.59 Å². The Labute approximate surface area is 200 Å². The van der Waals surface area contributed by atoms with Crippen LogP contribution in [-0.2, 0) is 9.59 Å². The summed E-state index contributed by atoms with van der Waals surface area (Å²) in [5.41, 5.74) is 5.62. The Balaban J connectivity index is 0.000000186. The highest BCUT2D eigenvalue weighted by molar-refractivity contribution is 6.03. The van der Waals surface area contributed by atoms with Crippen molar-refractivity contribution in [2.24, 2.45) is 22.6 Å². The molecular formula is C26H47N5O2. The third-order valence-electron chi connectivity index (χ3n) is 7.97. The molecule has 3 atom stereocenters. The van der Waals surface area contributed by atoms with Gasteiger partial charge in [0.1, 0.15) is 6.04 Å². The van der Waals surface area contributed by atoms with Crippen LogP contribution in [0.4, 0.5) is 0 Å². The lowest BCUT2D eigenvalue weighted by Gasteiger charge is -2.27. The van der Waals surface area contributed by atoms with E-state index in [0.29, 0.717) is 11.9 Å². The van der Waals surface area contributed by atoms with Gasteiger partial charge in [0.25, 0.3) is 5.91 Å². The number of nitrogens with one attached hydrogen (secondary N) is 1. The van der Waals surface area contributed by atoms with E-state index < -0.39 is 0 Å². The number of aliphatic imine (C=N–C) groups is 1. The summed E-state index contributed by atoms with van der Waals surface area (Å²) in [7, 11) is 1.70. The van der Waals surface area contributed by atoms with E-state index in [-0.39, 0.29) is 11.9 Å². The standard InChI is InChI=1S/C14H26N2O.C12H21N3O/c1-12-5-2-6-13(11-12)15-8-4-10-16-9-3-7-14(16)17;1-15-11(16)10(14-12(15)13)8-7-9-5-3-2-4-6-9/h12-13,15H,2-11H2,1H3;9-10H,2-8H2,1H3,(H2,13,14). The lowest BCUT2D eigenvalue weighted by atomic mass is 9.85. The molecule has 7 nitrogen and oxygen atoms in total. The number of rotatable bonds is 8. The zero-order valence-corrected chi connectivity index (χ0v) is 21.1. The second kappa shape index (κ2) is 13.3. The fraction of sp³-hybridized carbons (Fsp3) is 0.885. The van der Waals surface area contributed by atoms with Crippen LogP contribution in [0.1, 0.15) is 96.8 Å². The van der Waals surface area contributed by atoms with Gasteiger partial charge < -0.3 is 16.0 Å². The first kappa shape index (κ1) is 26.0. The Kier molecular flexibility index (Phi) is 10.5. The molecule has 1 saturated heterocycles. The van der Waals surface area contributed by atoms with Gasteiger partial charge in [-0.05, 0) is 56.9 Å². The number of likely N-dealkylation sites (tertiary alicyclic amines) is 1. The van der Waals surface area contributed by atoms with Crippen molar-refractivity contribution in [1.82, 2.24) is 15.1 Å². The molecule has 0 radical (unpaired) electrons. The maximum Gasteiger partial charge on any atom is 0.253 e. The summed E-state index contributed by atoms with van der Waals surface area (Å²) >= 11 is 0. The summed E-state index contributed by atoms with van der Waals surface area (Å²) in [6.07, 6.45) is 17.1. The monoisotopic (exact) mass is 461 g/mol. The summed E-state index contributed by atoms with van der Waals surface area (Å²) in [4.78, 5) is 30.8. The molecule has 2 saturated carbocycles. The minimum atomic E-state index is -0.202. The van der Waals surface area contributed by atoms with Crippen molar-refractivity contribution in [3.8, 4) is 0 Å². The predicted molar refractivity (Wildman–Crippen MR) is 134 cm³/mol. The lowest BCUT2D eigenvalue weighted by molar-refractivity contribution is -0.128. The molecule has 0 aromatic rings. The summed E-state index contributed by atoms with van der Waals surface area (Å²) in [6.45, 7) is 5.37. The minimum Gasteiger partial charge on any atom is -0.369 e. The van der Waals surface area contributed by atoms with Gasteiger partial charge in [0.2, 0.25) is 5.91 Å². The van der Waals surface area contributed by atoms with E-state index >= 15 is 0 Å². The van der Waals surface area contributed by atoms with Crippen molar-refractivity contribution in [1.29, 1.82) is 0 Å². The average Bonchev–Trinajstić information content (AvgIpc) is 3.34. The van der Waals surface area contributed by atoms with E-state index in [0.717, 1.165) is 69.6 Å². The average molecular weight is 462 g/mol. The second-order valence-electron chi connectivity index (χ2n) is 10.7. The Morgan fingerprint density at radius 3 is 2.45 bits per heavy atom. The van der Waals surface area contributed by atoms with Gasteiger partial charge in [-0.2, -0.15) is 0 Å². The lowest BCUT2D eigenvalue weighted by Crippen LogP contribution is -2.36. The highest BCUT2D eigenvalue weighted by Crippen LogP contribution is 2.29. The van der Waals surface area contributed by atoms with Crippen LogP contribution in [0.25, 0.3) is 0 Å². The number of carbonyl (C=O) groups is 2. The summed E-state index contributed by atoms with van der Waals surface area (Å²) in [5.74, 6) is 2.49. The van der Waals surface area contributed by atoms with Crippen molar-refractivity contribution in [3.63, 3.8) is 0 Å². The van der Waals surface area contributed by atoms with Crippen molar-refractivity contribution in [2.45, 2.75) is 109 Å². The molecule has 4 aliphatic rings. The maximum absolute atomic E-state index is 11.7. The molecule has 4 rings (SSSR count). The fourth-order valence-corrected chi connectivity index (χ4v) is 5.83. The first-order valence-electron chi connectivity index (χ1n) is 13.6. The Bertz CT molecular complexity index is 661. The summed E-state index contributed by atoms with van der Waals surface area (Å²) < 4.78 is 0. The predicted octanol–water partition coefficient (Wildman–Crippen LogP) is 3.67. The summed E-state index contributed by atoms with van der Waals surface area (Å²) in [6, 6.07) is 0.528. The molecule has 2 aliphatic heterocycles. The van der Waals surface area contributed by atoms with Gasteiger partial charge in [0, 0.05) is 32.6 Å². The van der Waals surface area contributed by atoms with Gasteiger partial charge in [-0.15, -0.1) is 0 Å². The number of carbonyl (C=O) groups excluding carboxylic acids is 2. The van der Waals surface area contributed by atoms with Crippen LogP contribution in [-0.4, -0.2) is 66.3 Å². The number of nitrogens with two attached hydrogens (primary N) is 1. The Morgan fingerprint density at radius 1 is 1.03 bits per heavy atom. The molecule has 7 heteroatoms. The number of amides is 2. The smallest absolute Gasteiger partial charge is 0.253 e. The van der Waals surface area contributed by atoms with Crippen LogP contribution in [0.3, 0.4) is 0 Å². The minimum absolute atomic E-state index is 0.0632. The molecule has 3 fully saturated rings. The number of guanidine groups is 1. The molecule has 0 aromatic carbocycles. The first-order chi connectivity index (χ1) is 15.9. The highest BCUT2D eigenvalue weighted by atomic mass is 16.2. The zero-order chi connectivity index (χ0) is 23.6. The molecule has 0 aromatic heterocycles. The SMILES string of the molecule is CC1CCCC(NCCCN2CCCC2=O)C1.CN1C(=O)C(CCC2CCCCC2)N=C1N. The Hall–Kier alpha value is -1.63. The Morgan fingerprint density at radius 2 is 1.82 bits per heavy atom. The molecule has 2 heterocycles. The van der Waals surface area contributed by atoms with Gasteiger partial charge in [-0.3, -0.25) is 14.5 Å². The van der Waals surface area contributed by atoms with E-state index in [1.165, 1.54) is 62.7 Å². The number of hydrogen-bond donors (Lipinski definition) is 2. The van der Waals surface area contributed by atoms with E-state index in [2.05, 4.69) is 17.2 Å². The van der Waals surface area contributed by atoms with Crippen molar-refractivity contribution < 1.29 is 9.59 Å². The zero-order valence-electron chi connectivity index (χ0n) is 21.1. The van der Waals surface area contributed by atoms with Crippen LogP contribution in [0, 0.1) is 11.8 Å². The number of likely N-dealkylation sites (N-methyl/N-ethyl adjacent to an activating group) is 1. The van der Waals surface area contributed by atoms with Crippen LogP contribution in [0.2, 0.25) is 0 Å². The molecule has 2 amide bonds. The van der Waals surface area contributed by atoms with E-state index in [4.69, 9.17) is 5.73 Å². The summed E-state index contributed by atoms with van der Waals surface area (Å²) in [5, 5.41) is 3.65. The van der Waals surface area contributed by atoms with Gasteiger partial charge in [-0.1, -0.05) is 51.9 Å². The quantitative estimate of drug-likeness (QED) is 0.540. The molecule has 3 unspecified atom stereocenters. The van der Waals surface area contributed by atoms with Crippen LogP contribution in [0.5, 0.6) is 0 Å². The molecule has 0 spiro atoms. The van der Waals surface area contributed by atoms with Gasteiger partial charge >= 0.3 is 0 Å². The third-order valence-corrected chi connectivity index (χ3v) is 7.97. The largest absolute Gasteiger partial charge is 0.369 e. The first-order valence-corrected chi connectivity index (χ1v) is 13.6. The van der Waals surface area contributed by atoms with Crippen LogP contribution >= 0.6 is 0 Å². The van der Waals surface area contributed by atoms with Crippen molar-refractivity contribution >= 4 is 17.8 Å².